The Morgan fingerprint density at radius 2 is 2.17 bits per heavy atom. The summed E-state index contributed by atoms with van der Waals surface area (Å²) >= 11 is 0. The van der Waals surface area contributed by atoms with Gasteiger partial charge in [0.15, 0.2) is 0 Å². The van der Waals surface area contributed by atoms with Gasteiger partial charge in [0, 0.05) is 13.5 Å². The Hall–Kier alpha value is -1.02. The number of hydrogen-bond acceptors (Lipinski definition) is 2. The molecule has 2 rings (SSSR count). The third-order valence-corrected chi connectivity index (χ3v) is 2.37. The van der Waals surface area contributed by atoms with E-state index < -0.39 is 0 Å². The summed E-state index contributed by atoms with van der Waals surface area (Å²) in [4.78, 5) is 0. The molecule has 1 aromatic rings. The summed E-state index contributed by atoms with van der Waals surface area (Å²) in [6.45, 7) is 0. The fourth-order valence-corrected chi connectivity index (χ4v) is 1.70. The van der Waals surface area contributed by atoms with Gasteiger partial charge in [-0.1, -0.05) is 6.07 Å². The van der Waals surface area contributed by atoms with E-state index in [0.29, 0.717) is 0 Å². The molecule has 0 radical (unpaired) electrons. The van der Waals surface area contributed by atoms with Gasteiger partial charge in [0.25, 0.3) is 0 Å². The smallest absolute Gasteiger partial charge is 0.122 e. The number of hydrogen-bond donors (Lipinski definition) is 0. The van der Waals surface area contributed by atoms with Gasteiger partial charge in [0.1, 0.15) is 5.75 Å². The van der Waals surface area contributed by atoms with Crippen LogP contribution in [-0.4, -0.2) is 14.2 Å². The lowest BCUT2D eigenvalue weighted by atomic mass is 10.2. The number of rotatable bonds is 2. The third kappa shape index (κ3) is 0.994. The van der Waals surface area contributed by atoms with E-state index in [1.54, 1.807) is 14.2 Å². The molecule has 0 N–H and O–H groups in total. The maximum absolute atomic E-state index is 5.31. The molecule has 0 aromatic heterocycles. The lowest BCUT2D eigenvalue weighted by Crippen LogP contribution is -1.96. The summed E-state index contributed by atoms with van der Waals surface area (Å²) in [5, 5.41) is 0. The van der Waals surface area contributed by atoms with Crippen LogP contribution in [0.4, 0.5) is 0 Å². The predicted octanol–water partition coefficient (Wildman–Crippen LogP) is 1.94. The molecule has 2 heteroatoms. The number of methoxy groups -OCH3 is 2. The molecule has 0 saturated carbocycles. The fraction of sp³-hybridized carbons (Fsp3) is 0.400. The molecule has 2 nitrogen and oxygen atoms in total. The first kappa shape index (κ1) is 7.62. The van der Waals surface area contributed by atoms with Gasteiger partial charge < -0.3 is 9.47 Å². The van der Waals surface area contributed by atoms with Gasteiger partial charge in [-0.25, -0.2) is 0 Å². The van der Waals surface area contributed by atoms with E-state index in [-0.39, 0.29) is 6.10 Å². The minimum atomic E-state index is 0.240. The molecule has 1 aromatic carbocycles. The van der Waals surface area contributed by atoms with Crippen LogP contribution in [0, 0.1) is 0 Å². The normalized spacial score (nSPS) is 19.7. The van der Waals surface area contributed by atoms with Crippen molar-refractivity contribution in [1.29, 1.82) is 0 Å². The Morgan fingerprint density at radius 1 is 1.33 bits per heavy atom. The van der Waals surface area contributed by atoms with E-state index in [9.17, 15) is 0 Å². The highest BCUT2D eigenvalue weighted by molar-refractivity contribution is 5.43. The van der Waals surface area contributed by atoms with Crippen LogP contribution in [0.2, 0.25) is 0 Å². The molecule has 1 unspecified atom stereocenters. The number of fused-ring (bicyclic) bond motifs is 2. The summed E-state index contributed by atoms with van der Waals surface area (Å²) in [7, 11) is 3.44. The van der Waals surface area contributed by atoms with Gasteiger partial charge in [0.2, 0.25) is 0 Å². The summed E-state index contributed by atoms with van der Waals surface area (Å²) in [6, 6.07) is 6.21. The van der Waals surface area contributed by atoms with Crippen molar-refractivity contribution in [3.63, 3.8) is 0 Å². The minimum Gasteiger partial charge on any atom is -0.496 e. The first-order valence-corrected chi connectivity index (χ1v) is 4.04. The Labute approximate surface area is 72.1 Å². The standard InChI is InChI=1S/C10H12O2/c1-11-9-4-3-7-5-8(9)6-10(7)12-2/h3-5,10H,6H2,1-2H3. The van der Waals surface area contributed by atoms with Crippen molar-refractivity contribution in [2.75, 3.05) is 14.2 Å². The maximum Gasteiger partial charge on any atom is 0.122 e. The highest BCUT2D eigenvalue weighted by atomic mass is 16.5. The van der Waals surface area contributed by atoms with Crippen molar-refractivity contribution < 1.29 is 9.47 Å². The molecule has 0 heterocycles. The largest absolute Gasteiger partial charge is 0.496 e. The van der Waals surface area contributed by atoms with Crippen LogP contribution in [0.15, 0.2) is 18.2 Å². The fourth-order valence-electron chi connectivity index (χ4n) is 1.70. The van der Waals surface area contributed by atoms with Crippen LogP contribution in [0.3, 0.4) is 0 Å². The van der Waals surface area contributed by atoms with Crippen molar-refractivity contribution in [2.24, 2.45) is 0 Å². The van der Waals surface area contributed by atoms with E-state index in [2.05, 4.69) is 12.1 Å². The van der Waals surface area contributed by atoms with Gasteiger partial charge in [-0.2, -0.15) is 0 Å². The van der Waals surface area contributed by atoms with Crippen molar-refractivity contribution in [3.8, 4) is 5.75 Å². The number of ether oxygens (including phenoxy) is 2. The zero-order valence-corrected chi connectivity index (χ0v) is 7.33. The molecule has 64 valence electrons. The molecule has 0 amide bonds. The van der Waals surface area contributed by atoms with E-state index in [0.717, 1.165) is 12.2 Å². The molecular weight excluding hydrogens is 152 g/mol. The second-order valence-corrected chi connectivity index (χ2v) is 3.00. The second kappa shape index (κ2) is 2.79. The third-order valence-electron chi connectivity index (χ3n) is 2.37. The lowest BCUT2D eigenvalue weighted by molar-refractivity contribution is 0.109. The summed E-state index contributed by atoms with van der Waals surface area (Å²) < 4.78 is 10.5. The number of benzene rings is 1. The predicted molar refractivity (Wildman–Crippen MR) is 46.4 cm³/mol. The Balaban J connectivity index is 2.36. The molecule has 0 aliphatic heterocycles. The van der Waals surface area contributed by atoms with E-state index in [1.807, 2.05) is 6.07 Å². The molecular formula is C10H12O2. The minimum absolute atomic E-state index is 0.240. The van der Waals surface area contributed by atoms with Crippen molar-refractivity contribution in [3.05, 3.63) is 29.3 Å². The topological polar surface area (TPSA) is 18.5 Å². The van der Waals surface area contributed by atoms with Crippen molar-refractivity contribution >= 4 is 0 Å². The van der Waals surface area contributed by atoms with Gasteiger partial charge in [-0.05, 0) is 23.3 Å². The maximum atomic E-state index is 5.31. The first-order chi connectivity index (χ1) is 5.85. The zero-order chi connectivity index (χ0) is 8.55. The molecule has 1 aliphatic rings. The van der Waals surface area contributed by atoms with Crippen LogP contribution >= 0.6 is 0 Å². The second-order valence-electron chi connectivity index (χ2n) is 3.00. The van der Waals surface area contributed by atoms with Crippen LogP contribution in [0.5, 0.6) is 5.75 Å². The van der Waals surface area contributed by atoms with Crippen LogP contribution in [-0.2, 0) is 11.2 Å². The molecule has 0 spiro atoms. The van der Waals surface area contributed by atoms with Gasteiger partial charge >= 0.3 is 0 Å². The molecule has 2 bridgehead atoms. The molecule has 12 heavy (non-hydrogen) atoms. The van der Waals surface area contributed by atoms with Crippen LogP contribution < -0.4 is 4.74 Å². The summed E-state index contributed by atoms with van der Waals surface area (Å²) in [6.07, 6.45) is 1.19. The summed E-state index contributed by atoms with van der Waals surface area (Å²) in [5.74, 6) is 0.971. The SMILES string of the molecule is COc1ccc2cc1CC2OC. The molecule has 0 fully saturated rings. The highest BCUT2D eigenvalue weighted by Crippen LogP contribution is 2.35. The van der Waals surface area contributed by atoms with Gasteiger partial charge in [-0.15, -0.1) is 0 Å². The zero-order valence-electron chi connectivity index (χ0n) is 7.33. The van der Waals surface area contributed by atoms with Crippen molar-refractivity contribution in [2.45, 2.75) is 12.5 Å². The van der Waals surface area contributed by atoms with Crippen LogP contribution in [0.1, 0.15) is 17.2 Å². The Morgan fingerprint density at radius 3 is 2.83 bits per heavy atom. The molecule has 1 aliphatic carbocycles. The Kier molecular flexibility index (Phi) is 1.77. The summed E-state index contributed by atoms with van der Waals surface area (Å²) in [5.41, 5.74) is 2.51. The average molecular weight is 164 g/mol. The first-order valence-electron chi connectivity index (χ1n) is 4.04. The average Bonchev–Trinajstić information content (AvgIpc) is 2.44. The van der Waals surface area contributed by atoms with E-state index >= 15 is 0 Å². The van der Waals surface area contributed by atoms with Crippen molar-refractivity contribution in [1.82, 2.24) is 0 Å². The molecule has 0 saturated heterocycles. The monoisotopic (exact) mass is 164 g/mol. The quantitative estimate of drug-likeness (QED) is 0.665. The lowest BCUT2D eigenvalue weighted by Gasteiger charge is -2.05. The van der Waals surface area contributed by atoms with E-state index in [1.165, 1.54) is 11.1 Å². The van der Waals surface area contributed by atoms with Gasteiger partial charge in [0.05, 0.1) is 13.2 Å². The van der Waals surface area contributed by atoms with Gasteiger partial charge in [-0.3, -0.25) is 0 Å². The molecule has 1 atom stereocenters. The Bertz CT molecular complexity index is 294. The van der Waals surface area contributed by atoms with E-state index in [4.69, 9.17) is 9.47 Å². The van der Waals surface area contributed by atoms with Crippen LogP contribution in [0.25, 0.3) is 0 Å². The highest BCUT2D eigenvalue weighted by Gasteiger charge is 2.21.